The lowest BCUT2D eigenvalue weighted by molar-refractivity contribution is -0.137. The molecular weight excluding hydrogens is 356 g/mol. The van der Waals surface area contributed by atoms with E-state index in [2.05, 4.69) is 0 Å². The predicted octanol–water partition coefficient (Wildman–Crippen LogP) is 5.01. The minimum absolute atomic E-state index is 0.0708. The average Bonchev–Trinajstić information content (AvgIpc) is 3.09. The van der Waals surface area contributed by atoms with Gasteiger partial charge in [-0.3, -0.25) is 4.79 Å². The summed E-state index contributed by atoms with van der Waals surface area (Å²) >= 11 is 0. The van der Waals surface area contributed by atoms with E-state index in [1.165, 1.54) is 0 Å². The maximum Gasteiger partial charge on any atom is 0.304 e. The fraction of sp³-hybridized carbons (Fsp3) is 0.174. The molecule has 28 heavy (non-hydrogen) atoms. The molecule has 0 fully saturated rings. The average molecular weight is 376 g/mol. The van der Waals surface area contributed by atoms with Crippen molar-refractivity contribution in [3.8, 4) is 23.0 Å². The van der Waals surface area contributed by atoms with E-state index in [1.54, 1.807) is 0 Å². The van der Waals surface area contributed by atoms with Crippen LogP contribution in [0.15, 0.2) is 72.8 Å². The van der Waals surface area contributed by atoms with Crippen LogP contribution >= 0.6 is 0 Å². The number of rotatable bonds is 7. The number of aliphatic carboxylic acids is 1. The molecule has 0 amide bonds. The summed E-state index contributed by atoms with van der Waals surface area (Å²) in [6, 6.07) is 22.9. The molecule has 0 aliphatic carbocycles. The Morgan fingerprint density at radius 2 is 1.79 bits per heavy atom. The first kappa shape index (κ1) is 17.9. The van der Waals surface area contributed by atoms with Gasteiger partial charge in [0.1, 0.15) is 29.6 Å². The second-order valence-electron chi connectivity index (χ2n) is 6.66. The summed E-state index contributed by atoms with van der Waals surface area (Å²) in [7, 11) is 0. The van der Waals surface area contributed by atoms with E-state index in [1.807, 2.05) is 72.8 Å². The zero-order valence-electron chi connectivity index (χ0n) is 15.2. The SMILES string of the molecule is O=C(O)CC1COc2cc(OCc3cccc(Oc4ccccc4)c3)ccc21. The molecule has 0 bridgehead atoms. The van der Waals surface area contributed by atoms with E-state index in [0.717, 1.165) is 22.6 Å². The molecule has 4 rings (SSSR count). The van der Waals surface area contributed by atoms with Crippen molar-refractivity contribution < 1.29 is 24.1 Å². The Balaban J connectivity index is 1.40. The largest absolute Gasteiger partial charge is 0.492 e. The molecule has 1 N–H and O–H groups in total. The number of fused-ring (bicyclic) bond motifs is 1. The van der Waals surface area contributed by atoms with Crippen LogP contribution in [0.4, 0.5) is 0 Å². The number of carbonyl (C=O) groups is 1. The summed E-state index contributed by atoms with van der Waals surface area (Å²) in [6.45, 7) is 0.785. The van der Waals surface area contributed by atoms with Crippen LogP contribution < -0.4 is 14.2 Å². The van der Waals surface area contributed by atoms with Gasteiger partial charge in [0, 0.05) is 17.5 Å². The number of ether oxygens (including phenoxy) is 3. The van der Waals surface area contributed by atoms with Gasteiger partial charge < -0.3 is 19.3 Å². The van der Waals surface area contributed by atoms with E-state index in [-0.39, 0.29) is 12.3 Å². The third kappa shape index (κ3) is 4.26. The van der Waals surface area contributed by atoms with Gasteiger partial charge in [-0.05, 0) is 35.9 Å². The van der Waals surface area contributed by atoms with Crippen molar-refractivity contribution in [3.05, 3.63) is 83.9 Å². The molecule has 5 nitrogen and oxygen atoms in total. The van der Waals surface area contributed by atoms with Gasteiger partial charge >= 0.3 is 5.97 Å². The fourth-order valence-electron chi connectivity index (χ4n) is 3.22. The van der Waals surface area contributed by atoms with E-state index >= 15 is 0 Å². The first-order valence-electron chi connectivity index (χ1n) is 9.10. The molecule has 1 unspecified atom stereocenters. The third-order valence-corrected chi connectivity index (χ3v) is 4.57. The van der Waals surface area contributed by atoms with Gasteiger partial charge in [0.2, 0.25) is 0 Å². The van der Waals surface area contributed by atoms with E-state index in [4.69, 9.17) is 19.3 Å². The van der Waals surface area contributed by atoms with Gasteiger partial charge in [-0.15, -0.1) is 0 Å². The summed E-state index contributed by atoms with van der Waals surface area (Å²) < 4.78 is 17.4. The Bertz CT molecular complexity index is 968. The highest BCUT2D eigenvalue weighted by Crippen LogP contribution is 2.38. The molecule has 0 saturated heterocycles. The Morgan fingerprint density at radius 3 is 2.61 bits per heavy atom. The lowest BCUT2D eigenvalue weighted by Crippen LogP contribution is -2.07. The second-order valence-corrected chi connectivity index (χ2v) is 6.66. The zero-order valence-corrected chi connectivity index (χ0v) is 15.2. The van der Waals surface area contributed by atoms with Gasteiger partial charge in [0.25, 0.3) is 0 Å². The highest BCUT2D eigenvalue weighted by molar-refractivity contribution is 5.68. The quantitative estimate of drug-likeness (QED) is 0.628. The molecule has 1 aliphatic rings. The molecule has 3 aromatic carbocycles. The monoisotopic (exact) mass is 376 g/mol. The molecule has 0 radical (unpaired) electrons. The molecule has 1 aliphatic heterocycles. The van der Waals surface area contributed by atoms with Gasteiger partial charge in [0.05, 0.1) is 13.0 Å². The van der Waals surface area contributed by atoms with Crippen molar-refractivity contribution in [1.29, 1.82) is 0 Å². The van der Waals surface area contributed by atoms with Crippen molar-refractivity contribution >= 4 is 5.97 Å². The number of hydrogen-bond acceptors (Lipinski definition) is 4. The second kappa shape index (κ2) is 8.05. The zero-order chi connectivity index (χ0) is 19.3. The first-order chi connectivity index (χ1) is 13.7. The lowest BCUT2D eigenvalue weighted by Gasteiger charge is -2.10. The Kier molecular flexibility index (Phi) is 5.15. The summed E-state index contributed by atoms with van der Waals surface area (Å²) in [4.78, 5) is 10.9. The van der Waals surface area contributed by atoms with Crippen LogP contribution in [0.25, 0.3) is 0 Å². The maximum absolute atomic E-state index is 10.9. The Morgan fingerprint density at radius 1 is 0.964 bits per heavy atom. The smallest absolute Gasteiger partial charge is 0.304 e. The normalized spacial score (nSPS) is 14.8. The number of carboxylic acids is 1. The van der Waals surface area contributed by atoms with Crippen LogP contribution in [0.3, 0.4) is 0 Å². The van der Waals surface area contributed by atoms with Crippen LogP contribution in [0.1, 0.15) is 23.5 Å². The first-order valence-corrected chi connectivity index (χ1v) is 9.10. The van der Waals surface area contributed by atoms with Crippen LogP contribution in [0.2, 0.25) is 0 Å². The highest BCUT2D eigenvalue weighted by atomic mass is 16.5. The van der Waals surface area contributed by atoms with Crippen molar-refractivity contribution in [2.75, 3.05) is 6.61 Å². The molecule has 142 valence electrons. The van der Waals surface area contributed by atoms with Crippen LogP contribution in [0.5, 0.6) is 23.0 Å². The van der Waals surface area contributed by atoms with Gasteiger partial charge in [-0.2, -0.15) is 0 Å². The maximum atomic E-state index is 10.9. The summed E-state index contributed by atoms with van der Waals surface area (Å²) in [5.74, 6) is 2.00. The Labute approximate surface area is 163 Å². The van der Waals surface area contributed by atoms with Crippen LogP contribution in [0, 0.1) is 0 Å². The number of benzene rings is 3. The number of para-hydroxylation sites is 1. The van der Waals surface area contributed by atoms with Crippen molar-refractivity contribution in [2.24, 2.45) is 0 Å². The van der Waals surface area contributed by atoms with Crippen molar-refractivity contribution in [3.63, 3.8) is 0 Å². The standard InChI is InChI=1S/C23H20O5/c24-23(25)12-17-15-27-22-13-19(9-10-21(17)22)26-14-16-5-4-8-20(11-16)28-18-6-2-1-3-7-18/h1-11,13,17H,12,14-15H2,(H,24,25). The minimum atomic E-state index is -0.820. The van der Waals surface area contributed by atoms with E-state index < -0.39 is 5.97 Å². The number of hydrogen-bond donors (Lipinski definition) is 1. The summed E-state index contributed by atoms with van der Waals surface area (Å²) in [6.07, 6.45) is 0.0708. The summed E-state index contributed by atoms with van der Waals surface area (Å²) in [5.41, 5.74) is 1.91. The number of carboxylic acid groups (broad SMARTS) is 1. The molecule has 3 aromatic rings. The van der Waals surface area contributed by atoms with Gasteiger partial charge in [-0.1, -0.05) is 36.4 Å². The molecule has 0 saturated carbocycles. The van der Waals surface area contributed by atoms with E-state index in [0.29, 0.717) is 24.7 Å². The molecular formula is C23H20O5. The molecule has 0 aromatic heterocycles. The molecule has 0 spiro atoms. The topological polar surface area (TPSA) is 65.0 Å². The molecule has 5 heteroatoms. The molecule has 1 atom stereocenters. The summed E-state index contributed by atoms with van der Waals surface area (Å²) in [5, 5.41) is 8.99. The predicted molar refractivity (Wildman–Crippen MR) is 104 cm³/mol. The fourth-order valence-corrected chi connectivity index (χ4v) is 3.22. The van der Waals surface area contributed by atoms with Crippen molar-refractivity contribution in [1.82, 2.24) is 0 Å². The van der Waals surface area contributed by atoms with Gasteiger partial charge in [-0.25, -0.2) is 0 Å². The van der Waals surface area contributed by atoms with Gasteiger partial charge in [0.15, 0.2) is 0 Å². The van der Waals surface area contributed by atoms with Crippen LogP contribution in [-0.2, 0) is 11.4 Å². The van der Waals surface area contributed by atoms with Crippen LogP contribution in [-0.4, -0.2) is 17.7 Å². The highest BCUT2D eigenvalue weighted by Gasteiger charge is 2.26. The van der Waals surface area contributed by atoms with Crippen molar-refractivity contribution in [2.45, 2.75) is 18.9 Å². The van der Waals surface area contributed by atoms with E-state index in [9.17, 15) is 4.79 Å². The Hall–Kier alpha value is -3.47. The molecule has 1 heterocycles. The minimum Gasteiger partial charge on any atom is -0.492 e. The third-order valence-electron chi connectivity index (χ3n) is 4.57. The lowest BCUT2D eigenvalue weighted by atomic mass is 9.98.